The van der Waals surface area contributed by atoms with E-state index in [1.54, 1.807) is 7.05 Å². The Balaban J connectivity index is 0.00000392. The van der Waals surface area contributed by atoms with Gasteiger partial charge in [-0.25, -0.2) is 0 Å². The molecule has 0 saturated carbocycles. The molecule has 1 saturated heterocycles. The topological polar surface area (TPSA) is 67.4 Å². The fourth-order valence-corrected chi connectivity index (χ4v) is 2.74. The first kappa shape index (κ1) is 25.1. The number of guanidine groups is 1. The first-order valence-corrected chi connectivity index (χ1v) is 9.82. The van der Waals surface area contributed by atoms with E-state index in [1.165, 1.54) is 5.56 Å². The van der Waals surface area contributed by atoms with Crippen molar-refractivity contribution >= 4 is 29.9 Å². The van der Waals surface area contributed by atoms with Gasteiger partial charge in [0.25, 0.3) is 0 Å². The van der Waals surface area contributed by atoms with Crippen molar-refractivity contribution in [1.29, 1.82) is 0 Å². The summed E-state index contributed by atoms with van der Waals surface area (Å²) in [6, 6.07) is 10.2. The third-order valence-corrected chi connectivity index (χ3v) is 4.29. The Morgan fingerprint density at radius 1 is 1.04 bits per heavy atom. The van der Waals surface area contributed by atoms with E-state index in [9.17, 15) is 0 Å². The molecule has 0 atom stereocenters. The van der Waals surface area contributed by atoms with Crippen LogP contribution in [-0.2, 0) is 20.8 Å². The van der Waals surface area contributed by atoms with Crippen LogP contribution in [0.3, 0.4) is 0 Å². The number of nitrogens with zero attached hydrogens (tertiary/aromatic N) is 2. The molecule has 1 fully saturated rings. The minimum absolute atomic E-state index is 0. The molecular formula is C20H35IN4O3. The Bertz CT molecular complexity index is 513. The average Bonchev–Trinajstić information content (AvgIpc) is 2.72. The van der Waals surface area contributed by atoms with Gasteiger partial charge in [-0.3, -0.25) is 9.89 Å². The summed E-state index contributed by atoms with van der Waals surface area (Å²) in [6.45, 7) is 9.03. The Hall–Kier alpha value is -0.940. The maximum absolute atomic E-state index is 5.60. The lowest BCUT2D eigenvalue weighted by molar-refractivity contribution is 0.0388. The maximum Gasteiger partial charge on any atom is 0.191 e. The highest BCUT2D eigenvalue weighted by molar-refractivity contribution is 14.0. The molecule has 0 aliphatic carbocycles. The number of benzene rings is 1. The van der Waals surface area contributed by atoms with Crippen LogP contribution in [0.25, 0.3) is 0 Å². The fourth-order valence-electron chi connectivity index (χ4n) is 2.74. The zero-order chi connectivity index (χ0) is 19.0. The second-order valence-electron chi connectivity index (χ2n) is 6.38. The molecule has 1 aliphatic heterocycles. The van der Waals surface area contributed by atoms with Crippen LogP contribution in [0.4, 0.5) is 0 Å². The lowest BCUT2D eigenvalue weighted by Crippen LogP contribution is -2.44. The van der Waals surface area contributed by atoms with Gasteiger partial charge in [-0.15, -0.1) is 24.0 Å². The van der Waals surface area contributed by atoms with Crippen molar-refractivity contribution in [2.75, 3.05) is 72.8 Å². The summed E-state index contributed by atoms with van der Waals surface area (Å²) in [5.74, 6) is 0.842. The molecule has 0 radical (unpaired) electrons. The lowest BCUT2D eigenvalue weighted by Gasteiger charge is -2.26. The van der Waals surface area contributed by atoms with Crippen LogP contribution >= 0.6 is 24.0 Å². The normalized spacial score (nSPS) is 15.1. The molecule has 2 N–H and O–H groups in total. The predicted molar refractivity (Wildman–Crippen MR) is 124 cm³/mol. The van der Waals surface area contributed by atoms with Crippen molar-refractivity contribution in [3.05, 3.63) is 35.9 Å². The van der Waals surface area contributed by atoms with E-state index in [1.807, 2.05) is 18.2 Å². The zero-order valence-electron chi connectivity index (χ0n) is 16.9. The molecule has 1 aromatic rings. The van der Waals surface area contributed by atoms with Gasteiger partial charge in [-0.05, 0) is 12.0 Å². The number of hydrogen-bond donors (Lipinski definition) is 2. The Morgan fingerprint density at radius 2 is 1.75 bits per heavy atom. The lowest BCUT2D eigenvalue weighted by atomic mass is 10.2. The summed E-state index contributed by atoms with van der Waals surface area (Å²) < 4.78 is 16.6. The molecule has 0 spiro atoms. The van der Waals surface area contributed by atoms with E-state index in [0.717, 1.165) is 58.3 Å². The number of nitrogens with one attached hydrogen (secondary N) is 2. The maximum atomic E-state index is 5.60. The largest absolute Gasteiger partial charge is 0.379 e. The summed E-state index contributed by atoms with van der Waals surface area (Å²) in [5, 5.41) is 6.66. The SMILES string of the molecule is CN=C(NCCCOCCOCc1ccccc1)NCCN1CCOCC1.I. The highest BCUT2D eigenvalue weighted by Gasteiger charge is 2.09. The molecule has 1 aromatic carbocycles. The van der Waals surface area contributed by atoms with E-state index in [2.05, 4.69) is 32.7 Å². The van der Waals surface area contributed by atoms with Gasteiger partial charge < -0.3 is 24.8 Å². The molecule has 0 unspecified atom stereocenters. The van der Waals surface area contributed by atoms with Gasteiger partial charge in [0, 0.05) is 46.4 Å². The third kappa shape index (κ3) is 11.8. The third-order valence-electron chi connectivity index (χ3n) is 4.29. The van der Waals surface area contributed by atoms with Crippen molar-refractivity contribution in [3.8, 4) is 0 Å². The first-order chi connectivity index (χ1) is 13.4. The number of halogens is 1. The molecule has 1 heterocycles. The number of ether oxygens (including phenoxy) is 3. The molecule has 0 bridgehead atoms. The smallest absolute Gasteiger partial charge is 0.191 e. The van der Waals surface area contributed by atoms with Gasteiger partial charge in [0.1, 0.15) is 0 Å². The quantitative estimate of drug-likeness (QED) is 0.195. The van der Waals surface area contributed by atoms with Crippen LogP contribution in [-0.4, -0.2) is 83.7 Å². The van der Waals surface area contributed by atoms with Crippen molar-refractivity contribution in [2.45, 2.75) is 13.0 Å². The van der Waals surface area contributed by atoms with Crippen LogP contribution in [0.2, 0.25) is 0 Å². The highest BCUT2D eigenvalue weighted by Crippen LogP contribution is 2.00. The van der Waals surface area contributed by atoms with E-state index in [0.29, 0.717) is 26.4 Å². The van der Waals surface area contributed by atoms with Crippen molar-refractivity contribution in [1.82, 2.24) is 15.5 Å². The van der Waals surface area contributed by atoms with Crippen LogP contribution in [0.5, 0.6) is 0 Å². The molecule has 0 aromatic heterocycles. The molecule has 0 amide bonds. The monoisotopic (exact) mass is 506 g/mol. The van der Waals surface area contributed by atoms with Crippen molar-refractivity contribution < 1.29 is 14.2 Å². The zero-order valence-corrected chi connectivity index (χ0v) is 19.2. The summed E-state index contributed by atoms with van der Waals surface area (Å²) >= 11 is 0. The Kier molecular flexibility index (Phi) is 15.2. The Morgan fingerprint density at radius 3 is 2.50 bits per heavy atom. The number of hydrogen-bond acceptors (Lipinski definition) is 5. The van der Waals surface area contributed by atoms with Gasteiger partial charge in [0.15, 0.2) is 5.96 Å². The molecule has 2 rings (SSSR count). The van der Waals surface area contributed by atoms with E-state index >= 15 is 0 Å². The fraction of sp³-hybridized carbons (Fsp3) is 0.650. The molecule has 160 valence electrons. The van der Waals surface area contributed by atoms with Gasteiger partial charge in [0.2, 0.25) is 0 Å². The number of morpholine rings is 1. The molecule has 8 heteroatoms. The van der Waals surface area contributed by atoms with Crippen molar-refractivity contribution in [3.63, 3.8) is 0 Å². The molecular weight excluding hydrogens is 471 g/mol. The van der Waals surface area contributed by atoms with Gasteiger partial charge in [-0.2, -0.15) is 0 Å². The molecule has 7 nitrogen and oxygen atoms in total. The minimum atomic E-state index is 0. The van der Waals surface area contributed by atoms with Gasteiger partial charge in [-0.1, -0.05) is 30.3 Å². The number of rotatable bonds is 12. The standard InChI is InChI=1S/C20H34N4O3.HI/c1-21-20(23-9-10-24-11-14-26-15-12-24)22-8-5-13-25-16-17-27-18-19-6-3-2-4-7-19;/h2-4,6-7H,5,8-18H2,1H3,(H2,21,22,23);1H. The van der Waals surface area contributed by atoms with E-state index in [4.69, 9.17) is 14.2 Å². The molecule has 28 heavy (non-hydrogen) atoms. The number of aliphatic imine (C=N–C) groups is 1. The second kappa shape index (κ2) is 17.0. The minimum Gasteiger partial charge on any atom is -0.379 e. The summed E-state index contributed by atoms with van der Waals surface area (Å²) in [6.07, 6.45) is 0.933. The van der Waals surface area contributed by atoms with Crippen LogP contribution in [0, 0.1) is 0 Å². The highest BCUT2D eigenvalue weighted by atomic mass is 127. The van der Waals surface area contributed by atoms with E-state index < -0.39 is 0 Å². The first-order valence-electron chi connectivity index (χ1n) is 9.82. The second-order valence-corrected chi connectivity index (χ2v) is 6.38. The average molecular weight is 506 g/mol. The van der Waals surface area contributed by atoms with E-state index in [-0.39, 0.29) is 24.0 Å². The summed E-state index contributed by atoms with van der Waals surface area (Å²) in [7, 11) is 1.80. The Labute approximate surface area is 186 Å². The molecule has 1 aliphatic rings. The van der Waals surface area contributed by atoms with Crippen LogP contribution in [0.1, 0.15) is 12.0 Å². The van der Waals surface area contributed by atoms with Crippen LogP contribution < -0.4 is 10.6 Å². The summed E-state index contributed by atoms with van der Waals surface area (Å²) in [5.41, 5.74) is 1.19. The van der Waals surface area contributed by atoms with Gasteiger partial charge >= 0.3 is 0 Å². The van der Waals surface area contributed by atoms with Gasteiger partial charge in [0.05, 0.1) is 33.0 Å². The van der Waals surface area contributed by atoms with Crippen molar-refractivity contribution in [2.24, 2.45) is 4.99 Å². The summed E-state index contributed by atoms with van der Waals surface area (Å²) in [4.78, 5) is 6.65. The predicted octanol–water partition coefficient (Wildman–Crippen LogP) is 1.73. The van der Waals surface area contributed by atoms with Crippen LogP contribution in [0.15, 0.2) is 35.3 Å².